The van der Waals surface area contributed by atoms with E-state index in [2.05, 4.69) is 116 Å². The Morgan fingerprint density at radius 1 is 0.811 bits per heavy atom. The predicted octanol–water partition coefficient (Wildman–Crippen LogP) is 2.10. The second-order valence-electron chi connectivity index (χ2n) is 9.49. The Kier molecular flexibility index (Phi) is 9.75. The van der Waals surface area contributed by atoms with E-state index >= 15 is 0 Å². The number of rotatable bonds is 7. The van der Waals surface area contributed by atoms with Crippen LogP contribution in [0.2, 0.25) is 3.67 Å². The molecule has 0 saturated heterocycles. The molecule has 2 aliphatic carbocycles. The average molecular weight is 708 g/mol. The first-order valence-electron chi connectivity index (χ1n) is 12.8. The summed E-state index contributed by atoms with van der Waals surface area (Å²) in [5.74, 6) is 0. The van der Waals surface area contributed by atoms with E-state index in [0.29, 0.717) is 3.67 Å². The Morgan fingerprint density at radius 2 is 1.54 bits per heavy atom. The molecule has 3 aromatic carbocycles. The van der Waals surface area contributed by atoms with Crippen LogP contribution in [0.4, 0.5) is 0 Å². The van der Waals surface area contributed by atoms with E-state index in [1.807, 2.05) is 11.3 Å². The molecule has 4 heteroatoms. The Bertz CT molecular complexity index is 1450. The number of hydrogen-bond donors (Lipinski definition) is 0. The number of halogens is 2. The Hall–Kier alpha value is -1.84. The molecule has 1 heterocycles. The Balaban J connectivity index is 0.00000160. The first-order valence-corrected chi connectivity index (χ1v) is 19.3. The van der Waals surface area contributed by atoms with Crippen LogP contribution in [0.15, 0.2) is 109 Å². The van der Waals surface area contributed by atoms with Crippen molar-refractivity contribution in [3.63, 3.8) is 0 Å². The standard InChI is InChI=1S/C15H16S.C13H9.C5H5.2ClH.Hf/c1-2-3-9-14-10-11-15(16-14)12-13-7-5-4-6-8-13;1-3-7-12-10(5-1)9-11-6-2-4-8-13(11)12;1-2-4-5-3-1;;;/h4-8,10-11H,2-3,9H2,1H3;1-5,7-8H,9H2;1-5H;2*1H;/q;;;;;+2/p-2. The number of allylic oxidation sites excluding steroid dienone is 4. The van der Waals surface area contributed by atoms with Crippen molar-refractivity contribution < 1.29 is 45.8 Å². The second-order valence-corrected chi connectivity index (χ2v) is 19.8. The monoisotopic (exact) mass is 708 g/mol. The molecular formula is C33H30Cl2HfS. The quantitative estimate of drug-likeness (QED) is 0.228. The minimum Gasteiger partial charge on any atom is -1.00 e. The van der Waals surface area contributed by atoms with Crippen molar-refractivity contribution in [1.29, 1.82) is 0 Å². The van der Waals surface area contributed by atoms with E-state index in [-0.39, 0.29) is 24.8 Å². The molecule has 2 aliphatic rings. The van der Waals surface area contributed by atoms with Crippen molar-refractivity contribution in [3.8, 4) is 11.1 Å². The van der Waals surface area contributed by atoms with E-state index in [1.54, 1.807) is 12.1 Å². The predicted molar refractivity (Wildman–Crippen MR) is 149 cm³/mol. The minimum atomic E-state index is -2.67. The number of benzene rings is 3. The zero-order valence-electron chi connectivity index (χ0n) is 21.0. The molecule has 0 aliphatic heterocycles. The summed E-state index contributed by atoms with van der Waals surface area (Å²) in [6, 6.07) is 32.3. The zero-order chi connectivity index (χ0) is 23.6. The van der Waals surface area contributed by atoms with Gasteiger partial charge in [0, 0.05) is 0 Å². The van der Waals surface area contributed by atoms with Gasteiger partial charge in [0.25, 0.3) is 0 Å². The largest absolute Gasteiger partial charge is 1.00 e. The molecule has 0 spiro atoms. The SMILES string of the molecule is CCCCc1ccc([C](c2ccccc2)=[Hf+2]([c]2cccc3c2Cc2ccccc2-3)[CH]2C=CC=C2)s1.[Cl-].[Cl-]. The summed E-state index contributed by atoms with van der Waals surface area (Å²) in [5.41, 5.74) is 7.42. The molecule has 0 unspecified atom stereocenters. The summed E-state index contributed by atoms with van der Waals surface area (Å²) in [5, 5.41) is 0. The van der Waals surface area contributed by atoms with Gasteiger partial charge in [-0.2, -0.15) is 0 Å². The second kappa shape index (κ2) is 12.8. The first-order chi connectivity index (χ1) is 17.3. The van der Waals surface area contributed by atoms with Crippen LogP contribution in [0, 0.1) is 0 Å². The molecular weight excluding hydrogens is 678 g/mol. The van der Waals surface area contributed by atoms with Crippen LogP contribution >= 0.6 is 11.3 Å². The van der Waals surface area contributed by atoms with Crippen LogP contribution in [-0.4, -0.2) is 3.26 Å². The fraction of sp³-hybridized carbons (Fsp3) is 0.182. The van der Waals surface area contributed by atoms with Gasteiger partial charge in [-0.1, -0.05) is 0 Å². The van der Waals surface area contributed by atoms with Crippen molar-refractivity contribution >= 4 is 17.9 Å². The Morgan fingerprint density at radius 3 is 2.32 bits per heavy atom. The summed E-state index contributed by atoms with van der Waals surface area (Å²) in [4.78, 5) is 3.04. The van der Waals surface area contributed by atoms with Crippen LogP contribution in [0.3, 0.4) is 0 Å². The smallest absolute Gasteiger partial charge is 1.00 e. The number of fused-ring (bicyclic) bond motifs is 3. The summed E-state index contributed by atoms with van der Waals surface area (Å²) < 4.78 is 3.92. The van der Waals surface area contributed by atoms with Gasteiger partial charge < -0.3 is 24.8 Å². The molecule has 0 bridgehead atoms. The van der Waals surface area contributed by atoms with Gasteiger partial charge >= 0.3 is 222 Å². The van der Waals surface area contributed by atoms with Crippen molar-refractivity contribution in [2.45, 2.75) is 36.3 Å². The summed E-state index contributed by atoms with van der Waals surface area (Å²) in [6.45, 7) is 2.29. The summed E-state index contributed by atoms with van der Waals surface area (Å²) in [6.07, 6.45) is 14.3. The molecule has 0 amide bonds. The number of unbranched alkanes of at least 4 members (excludes halogenated alkanes) is 1. The van der Waals surface area contributed by atoms with Crippen LogP contribution in [0.1, 0.15) is 46.2 Å². The van der Waals surface area contributed by atoms with Gasteiger partial charge in [-0.25, -0.2) is 0 Å². The van der Waals surface area contributed by atoms with Gasteiger partial charge in [-0.05, 0) is 0 Å². The van der Waals surface area contributed by atoms with Gasteiger partial charge in [0.2, 0.25) is 0 Å². The van der Waals surface area contributed by atoms with Crippen LogP contribution in [-0.2, 0) is 33.8 Å². The average Bonchev–Trinajstić information content (AvgIpc) is 3.66. The normalized spacial score (nSPS) is 13.5. The maximum absolute atomic E-state index is 2.67. The van der Waals surface area contributed by atoms with Crippen molar-refractivity contribution in [2.75, 3.05) is 0 Å². The maximum Gasteiger partial charge on any atom is -1.00 e. The first kappa shape index (κ1) is 28.2. The van der Waals surface area contributed by atoms with Crippen LogP contribution < -0.4 is 28.1 Å². The molecule has 0 saturated carbocycles. The molecule has 37 heavy (non-hydrogen) atoms. The topological polar surface area (TPSA) is 0 Å². The van der Waals surface area contributed by atoms with Crippen molar-refractivity contribution in [3.05, 3.63) is 136 Å². The Labute approximate surface area is 245 Å². The van der Waals surface area contributed by atoms with Gasteiger partial charge in [0.15, 0.2) is 0 Å². The summed E-state index contributed by atoms with van der Waals surface area (Å²) in [7, 11) is 0. The molecule has 0 atom stereocenters. The van der Waals surface area contributed by atoms with Gasteiger partial charge in [-0.15, -0.1) is 0 Å². The minimum absolute atomic E-state index is 0. The van der Waals surface area contributed by atoms with Gasteiger partial charge in [0.05, 0.1) is 0 Å². The van der Waals surface area contributed by atoms with Crippen LogP contribution in [0.5, 0.6) is 0 Å². The number of aryl methyl sites for hydroxylation is 1. The third-order valence-corrected chi connectivity index (χ3v) is 20.5. The van der Waals surface area contributed by atoms with E-state index in [0.717, 1.165) is 6.42 Å². The third kappa shape index (κ3) is 5.64. The van der Waals surface area contributed by atoms with Crippen LogP contribution in [0.25, 0.3) is 11.1 Å². The van der Waals surface area contributed by atoms with Crippen molar-refractivity contribution in [2.24, 2.45) is 0 Å². The number of hydrogen-bond acceptors (Lipinski definition) is 1. The molecule has 0 N–H and O–H groups in total. The van der Waals surface area contributed by atoms with E-state index in [1.165, 1.54) is 51.3 Å². The zero-order valence-corrected chi connectivity index (χ0v) is 26.9. The fourth-order valence-corrected chi connectivity index (χ4v) is 19.6. The van der Waals surface area contributed by atoms with Gasteiger partial charge in [-0.3, -0.25) is 0 Å². The molecule has 4 aromatic rings. The molecule has 1 aromatic heterocycles. The fourth-order valence-electron chi connectivity index (χ4n) is 5.55. The molecule has 0 nitrogen and oxygen atoms in total. The van der Waals surface area contributed by atoms with E-state index < -0.39 is 21.0 Å². The van der Waals surface area contributed by atoms with E-state index in [9.17, 15) is 0 Å². The molecule has 0 fully saturated rings. The molecule has 0 radical (unpaired) electrons. The van der Waals surface area contributed by atoms with Gasteiger partial charge in [0.1, 0.15) is 0 Å². The van der Waals surface area contributed by atoms with E-state index in [4.69, 9.17) is 0 Å². The molecule has 186 valence electrons. The summed E-state index contributed by atoms with van der Waals surface area (Å²) >= 11 is -0.628. The number of thiophene rings is 1. The third-order valence-electron chi connectivity index (χ3n) is 7.24. The molecule has 6 rings (SSSR count). The maximum atomic E-state index is 2.49. The van der Waals surface area contributed by atoms with Crippen molar-refractivity contribution in [1.82, 2.24) is 0 Å².